The van der Waals surface area contributed by atoms with Crippen LogP contribution in [-0.2, 0) is 6.42 Å². The van der Waals surface area contributed by atoms with Gasteiger partial charge in [0.05, 0.1) is 10.6 Å². The Bertz CT molecular complexity index is 378. The molecule has 0 spiro atoms. The fourth-order valence-electron chi connectivity index (χ4n) is 1.33. The Morgan fingerprint density at radius 1 is 1.36 bits per heavy atom. The second-order valence-corrected chi connectivity index (χ2v) is 4.30. The maximum absolute atomic E-state index is 5.47. The zero-order chi connectivity index (χ0) is 9.80. The zero-order valence-corrected chi connectivity index (χ0v) is 8.68. The average molecular weight is 207 g/mol. The first-order chi connectivity index (χ1) is 6.90. The molecule has 0 aliphatic rings. The Hall–Kier alpha value is -1.13. The van der Waals surface area contributed by atoms with Gasteiger partial charge in [-0.05, 0) is 37.6 Å². The van der Waals surface area contributed by atoms with Crippen molar-refractivity contribution in [3.63, 3.8) is 0 Å². The highest BCUT2D eigenvalue weighted by molar-refractivity contribution is 7.15. The predicted molar refractivity (Wildman–Crippen MR) is 59.3 cm³/mol. The van der Waals surface area contributed by atoms with Gasteiger partial charge in [0.1, 0.15) is 0 Å². The normalized spacial score (nSPS) is 10.6. The first-order valence-corrected chi connectivity index (χ1v) is 5.50. The van der Waals surface area contributed by atoms with Crippen LogP contribution in [0.2, 0.25) is 0 Å². The number of nitrogens with zero attached hydrogens (tertiary/aromatic N) is 1. The number of hydrogen-bond donors (Lipinski definition) is 2. The van der Waals surface area contributed by atoms with E-state index in [2.05, 4.69) is 22.3 Å². The topological polar surface area (TPSA) is 54.7 Å². The monoisotopic (exact) mass is 207 g/mol. The van der Waals surface area contributed by atoms with Crippen molar-refractivity contribution < 1.29 is 0 Å². The van der Waals surface area contributed by atoms with E-state index in [9.17, 15) is 0 Å². The minimum Gasteiger partial charge on any atom is -0.330 e. The lowest BCUT2D eigenvalue weighted by atomic mass is 10.2. The first-order valence-electron chi connectivity index (χ1n) is 4.68. The number of nitrogens with one attached hydrogen (secondary N) is 1. The Morgan fingerprint density at radius 2 is 2.29 bits per heavy atom. The molecule has 14 heavy (non-hydrogen) atoms. The minimum atomic E-state index is 0.761. The molecule has 0 saturated heterocycles. The first kappa shape index (κ1) is 9.43. The van der Waals surface area contributed by atoms with Gasteiger partial charge in [0.15, 0.2) is 0 Å². The van der Waals surface area contributed by atoms with Crippen LogP contribution in [0.25, 0.3) is 10.6 Å². The number of rotatable bonds is 4. The average Bonchev–Trinajstić information content (AvgIpc) is 2.85. The van der Waals surface area contributed by atoms with Crippen molar-refractivity contribution in [2.75, 3.05) is 6.54 Å². The summed E-state index contributed by atoms with van der Waals surface area (Å²) in [5.74, 6) is 0. The highest BCUT2D eigenvalue weighted by Crippen LogP contribution is 2.26. The van der Waals surface area contributed by atoms with E-state index in [1.165, 1.54) is 9.75 Å². The maximum Gasteiger partial charge on any atom is 0.0749 e. The molecular formula is C10H13N3S. The van der Waals surface area contributed by atoms with Crippen LogP contribution in [0.4, 0.5) is 0 Å². The van der Waals surface area contributed by atoms with Crippen molar-refractivity contribution in [2.45, 2.75) is 12.8 Å². The van der Waals surface area contributed by atoms with E-state index < -0.39 is 0 Å². The Morgan fingerprint density at radius 3 is 3.00 bits per heavy atom. The SMILES string of the molecule is NCCCc1ccc(-c2ccn[nH]2)s1. The molecule has 0 aromatic carbocycles. The second kappa shape index (κ2) is 4.39. The zero-order valence-electron chi connectivity index (χ0n) is 7.86. The molecule has 0 radical (unpaired) electrons. The molecule has 2 heterocycles. The molecular weight excluding hydrogens is 194 g/mol. The van der Waals surface area contributed by atoms with Crippen molar-refractivity contribution in [3.8, 4) is 10.6 Å². The summed E-state index contributed by atoms with van der Waals surface area (Å²) in [6.07, 6.45) is 3.91. The minimum absolute atomic E-state index is 0.761. The van der Waals surface area contributed by atoms with Crippen molar-refractivity contribution >= 4 is 11.3 Å². The predicted octanol–water partition coefficient (Wildman–Crippen LogP) is 2.03. The molecule has 0 aliphatic heterocycles. The fraction of sp³-hybridized carbons (Fsp3) is 0.300. The van der Waals surface area contributed by atoms with Crippen LogP contribution in [0.1, 0.15) is 11.3 Å². The van der Waals surface area contributed by atoms with Crippen molar-refractivity contribution in [2.24, 2.45) is 5.73 Å². The lowest BCUT2D eigenvalue weighted by molar-refractivity contribution is 0.843. The van der Waals surface area contributed by atoms with E-state index in [1.807, 2.05) is 6.07 Å². The molecule has 2 rings (SSSR count). The molecule has 2 aromatic rings. The number of aromatic nitrogens is 2. The molecule has 2 aromatic heterocycles. The molecule has 0 amide bonds. The van der Waals surface area contributed by atoms with E-state index in [4.69, 9.17) is 5.73 Å². The summed E-state index contributed by atoms with van der Waals surface area (Å²) in [6, 6.07) is 6.28. The summed E-state index contributed by atoms with van der Waals surface area (Å²) in [5, 5.41) is 6.89. The van der Waals surface area contributed by atoms with Crippen molar-refractivity contribution in [1.82, 2.24) is 10.2 Å². The van der Waals surface area contributed by atoms with Gasteiger partial charge in [-0.25, -0.2) is 0 Å². The van der Waals surface area contributed by atoms with Crippen LogP contribution >= 0.6 is 11.3 Å². The summed E-state index contributed by atoms with van der Waals surface area (Å²) in [4.78, 5) is 2.63. The van der Waals surface area contributed by atoms with Crippen molar-refractivity contribution in [3.05, 3.63) is 29.3 Å². The highest BCUT2D eigenvalue weighted by atomic mass is 32.1. The quantitative estimate of drug-likeness (QED) is 0.806. The highest BCUT2D eigenvalue weighted by Gasteiger charge is 2.02. The molecule has 0 aliphatic carbocycles. The van der Waals surface area contributed by atoms with Crippen LogP contribution in [0.3, 0.4) is 0 Å². The molecule has 0 atom stereocenters. The second-order valence-electron chi connectivity index (χ2n) is 3.13. The number of nitrogens with two attached hydrogens (primary N) is 1. The molecule has 3 nitrogen and oxygen atoms in total. The Balaban J connectivity index is 2.10. The van der Waals surface area contributed by atoms with Gasteiger partial charge in [0, 0.05) is 11.1 Å². The van der Waals surface area contributed by atoms with E-state index in [-0.39, 0.29) is 0 Å². The van der Waals surface area contributed by atoms with Gasteiger partial charge in [-0.15, -0.1) is 11.3 Å². The van der Waals surface area contributed by atoms with Gasteiger partial charge in [-0.2, -0.15) is 5.10 Å². The third kappa shape index (κ3) is 2.02. The van der Waals surface area contributed by atoms with E-state index in [0.717, 1.165) is 25.1 Å². The molecule has 4 heteroatoms. The molecule has 74 valence electrons. The number of aryl methyl sites for hydroxylation is 1. The molecule has 0 saturated carbocycles. The summed E-state index contributed by atoms with van der Waals surface area (Å²) in [7, 11) is 0. The lowest BCUT2D eigenvalue weighted by Gasteiger charge is -1.92. The number of aromatic amines is 1. The summed E-state index contributed by atoms with van der Waals surface area (Å²) in [5.41, 5.74) is 6.56. The van der Waals surface area contributed by atoms with Gasteiger partial charge in [0.2, 0.25) is 0 Å². The summed E-state index contributed by atoms with van der Waals surface area (Å²) in [6.45, 7) is 0.761. The summed E-state index contributed by atoms with van der Waals surface area (Å²) >= 11 is 1.80. The van der Waals surface area contributed by atoms with Gasteiger partial charge in [-0.3, -0.25) is 5.10 Å². The lowest BCUT2D eigenvalue weighted by Crippen LogP contribution is -1.99. The largest absolute Gasteiger partial charge is 0.330 e. The smallest absolute Gasteiger partial charge is 0.0749 e. The van der Waals surface area contributed by atoms with E-state index >= 15 is 0 Å². The van der Waals surface area contributed by atoms with Crippen LogP contribution in [0, 0.1) is 0 Å². The van der Waals surface area contributed by atoms with Crippen LogP contribution in [-0.4, -0.2) is 16.7 Å². The van der Waals surface area contributed by atoms with Crippen molar-refractivity contribution in [1.29, 1.82) is 0 Å². The number of hydrogen-bond acceptors (Lipinski definition) is 3. The third-order valence-electron chi connectivity index (χ3n) is 2.06. The Kier molecular flexibility index (Phi) is 2.96. The maximum atomic E-state index is 5.47. The molecule has 0 bridgehead atoms. The van der Waals surface area contributed by atoms with E-state index in [0.29, 0.717) is 0 Å². The van der Waals surface area contributed by atoms with Gasteiger partial charge >= 0.3 is 0 Å². The molecule has 3 N–H and O–H groups in total. The van der Waals surface area contributed by atoms with Gasteiger partial charge < -0.3 is 5.73 Å². The molecule has 0 fully saturated rings. The molecule has 0 unspecified atom stereocenters. The van der Waals surface area contributed by atoms with Crippen LogP contribution < -0.4 is 5.73 Å². The van der Waals surface area contributed by atoms with E-state index in [1.54, 1.807) is 17.5 Å². The Labute approximate surface area is 87.0 Å². The van der Waals surface area contributed by atoms with Crippen LogP contribution in [0.5, 0.6) is 0 Å². The van der Waals surface area contributed by atoms with Crippen LogP contribution in [0.15, 0.2) is 24.4 Å². The van der Waals surface area contributed by atoms with Gasteiger partial charge in [-0.1, -0.05) is 0 Å². The number of thiophene rings is 1. The number of H-pyrrole nitrogens is 1. The standard InChI is InChI=1S/C10H13N3S/c11-6-1-2-8-3-4-10(14-8)9-5-7-12-13-9/h3-5,7H,1-2,6,11H2,(H,12,13). The summed E-state index contributed by atoms with van der Waals surface area (Å²) < 4.78 is 0. The third-order valence-corrected chi connectivity index (χ3v) is 3.23. The fourth-order valence-corrected chi connectivity index (χ4v) is 2.35. The van der Waals surface area contributed by atoms with Gasteiger partial charge in [0.25, 0.3) is 0 Å².